The summed E-state index contributed by atoms with van der Waals surface area (Å²) in [6.45, 7) is 7.03. The molecule has 0 spiro atoms. The Bertz CT molecular complexity index is 552. The number of carbonyl (C=O) groups is 1. The summed E-state index contributed by atoms with van der Waals surface area (Å²) in [6, 6.07) is 6.24. The molecule has 0 unspecified atom stereocenters. The normalized spacial score (nSPS) is 11.0. The fourth-order valence-corrected chi connectivity index (χ4v) is 2.26. The second-order valence-corrected chi connectivity index (χ2v) is 6.35. The first-order valence-corrected chi connectivity index (χ1v) is 10.7. The van der Waals surface area contributed by atoms with Gasteiger partial charge in [-0.15, -0.1) is 0 Å². The molecule has 0 radical (unpaired) electrons. The first kappa shape index (κ1) is 28.2. The molecule has 0 aliphatic heterocycles. The number of hydrogen-bond donors (Lipinski definition) is 1. The Morgan fingerprint density at radius 2 is 0.938 bits per heavy atom. The lowest BCUT2D eigenvalue weighted by molar-refractivity contribution is -0.0199. The highest BCUT2D eigenvalue weighted by Crippen LogP contribution is 2.11. The third-order valence-corrected chi connectivity index (χ3v) is 3.89. The number of methoxy groups -OCH3 is 1. The Morgan fingerprint density at radius 1 is 0.594 bits per heavy atom. The standard InChI is InChI=1S/C22H36O10/c1-25-6-7-26-8-9-27-10-11-28-12-13-29-14-15-30-16-17-31-18-19-32-21-4-2-20(3-5-21)22(23)24/h2-5H,6-19H2,1H3,(H,23,24). The lowest BCUT2D eigenvalue weighted by Gasteiger charge is -2.09. The van der Waals surface area contributed by atoms with E-state index in [2.05, 4.69) is 0 Å². The molecule has 184 valence electrons. The summed E-state index contributed by atoms with van der Waals surface area (Å²) < 4.78 is 42.6. The van der Waals surface area contributed by atoms with E-state index in [4.69, 9.17) is 43.0 Å². The minimum Gasteiger partial charge on any atom is -0.491 e. The average molecular weight is 461 g/mol. The van der Waals surface area contributed by atoms with Crippen LogP contribution in [-0.2, 0) is 33.2 Å². The maximum atomic E-state index is 10.8. The van der Waals surface area contributed by atoms with Gasteiger partial charge in [-0.3, -0.25) is 0 Å². The SMILES string of the molecule is COCCOCCOCCOCCOCCOCCOCCOc1ccc(C(=O)O)cc1. The molecule has 0 fully saturated rings. The number of hydrogen-bond acceptors (Lipinski definition) is 9. The van der Waals surface area contributed by atoms with Gasteiger partial charge in [-0.25, -0.2) is 4.79 Å². The van der Waals surface area contributed by atoms with E-state index in [1.807, 2.05) is 0 Å². The molecule has 1 rings (SSSR count). The number of carboxylic acids is 1. The molecule has 1 N–H and O–H groups in total. The van der Waals surface area contributed by atoms with Crippen LogP contribution in [0.25, 0.3) is 0 Å². The molecule has 0 aromatic heterocycles. The highest BCUT2D eigenvalue weighted by atomic mass is 16.6. The zero-order valence-corrected chi connectivity index (χ0v) is 18.8. The molecule has 1 aromatic carbocycles. The molecule has 0 saturated heterocycles. The van der Waals surface area contributed by atoms with E-state index in [0.29, 0.717) is 98.2 Å². The Labute approximate surface area is 189 Å². The Hall–Kier alpha value is -1.79. The minimum absolute atomic E-state index is 0.225. The summed E-state index contributed by atoms with van der Waals surface area (Å²) in [4.78, 5) is 10.8. The summed E-state index contributed by atoms with van der Waals surface area (Å²) in [7, 11) is 1.64. The predicted octanol–water partition coefficient (Wildman–Crippen LogP) is 1.51. The van der Waals surface area contributed by atoms with Gasteiger partial charge in [-0.2, -0.15) is 0 Å². The Balaban J connectivity index is 1.73. The van der Waals surface area contributed by atoms with E-state index >= 15 is 0 Å². The van der Waals surface area contributed by atoms with Crippen molar-refractivity contribution in [3.63, 3.8) is 0 Å². The molecule has 0 aliphatic carbocycles. The van der Waals surface area contributed by atoms with Gasteiger partial charge in [0, 0.05) is 7.11 Å². The minimum atomic E-state index is -0.962. The van der Waals surface area contributed by atoms with Crippen molar-refractivity contribution in [2.24, 2.45) is 0 Å². The van der Waals surface area contributed by atoms with Crippen molar-refractivity contribution in [3.05, 3.63) is 29.8 Å². The molecular formula is C22H36O10. The smallest absolute Gasteiger partial charge is 0.335 e. The zero-order chi connectivity index (χ0) is 23.1. The number of benzene rings is 1. The molecule has 0 saturated carbocycles. The van der Waals surface area contributed by atoms with Crippen molar-refractivity contribution in [3.8, 4) is 5.75 Å². The third-order valence-electron chi connectivity index (χ3n) is 3.89. The second-order valence-electron chi connectivity index (χ2n) is 6.35. The van der Waals surface area contributed by atoms with Gasteiger partial charge in [0.25, 0.3) is 0 Å². The van der Waals surface area contributed by atoms with Crippen molar-refractivity contribution in [2.75, 3.05) is 99.6 Å². The molecule has 10 nitrogen and oxygen atoms in total. The van der Waals surface area contributed by atoms with Crippen molar-refractivity contribution in [1.29, 1.82) is 0 Å². The van der Waals surface area contributed by atoms with Gasteiger partial charge in [-0.05, 0) is 24.3 Å². The van der Waals surface area contributed by atoms with Crippen LogP contribution in [0.3, 0.4) is 0 Å². The maximum absolute atomic E-state index is 10.8. The van der Waals surface area contributed by atoms with Crippen molar-refractivity contribution in [1.82, 2.24) is 0 Å². The van der Waals surface area contributed by atoms with Crippen molar-refractivity contribution < 1.29 is 47.8 Å². The van der Waals surface area contributed by atoms with Gasteiger partial charge in [-0.1, -0.05) is 0 Å². The van der Waals surface area contributed by atoms with Gasteiger partial charge < -0.3 is 43.0 Å². The molecule has 32 heavy (non-hydrogen) atoms. The lowest BCUT2D eigenvalue weighted by atomic mass is 10.2. The summed E-state index contributed by atoms with van der Waals surface area (Å²) in [5.74, 6) is -0.358. The van der Waals surface area contributed by atoms with E-state index in [9.17, 15) is 4.79 Å². The van der Waals surface area contributed by atoms with Gasteiger partial charge in [0.2, 0.25) is 0 Å². The topological polar surface area (TPSA) is 111 Å². The van der Waals surface area contributed by atoms with Gasteiger partial charge in [0.05, 0.1) is 91.5 Å². The molecule has 0 bridgehead atoms. The number of ether oxygens (including phenoxy) is 8. The van der Waals surface area contributed by atoms with Crippen LogP contribution in [-0.4, -0.2) is 111 Å². The molecule has 0 atom stereocenters. The third kappa shape index (κ3) is 16.8. The largest absolute Gasteiger partial charge is 0.491 e. The van der Waals surface area contributed by atoms with Gasteiger partial charge in [0.15, 0.2) is 0 Å². The first-order chi connectivity index (χ1) is 15.7. The fraction of sp³-hybridized carbons (Fsp3) is 0.682. The molecule has 0 aliphatic rings. The van der Waals surface area contributed by atoms with E-state index in [1.165, 1.54) is 12.1 Å². The number of aromatic carboxylic acids is 1. The van der Waals surface area contributed by atoms with E-state index < -0.39 is 5.97 Å². The van der Waals surface area contributed by atoms with Crippen LogP contribution in [0.15, 0.2) is 24.3 Å². The number of carboxylic acid groups (broad SMARTS) is 1. The quantitative estimate of drug-likeness (QED) is 0.241. The number of rotatable bonds is 23. The van der Waals surface area contributed by atoms with Crippen LogP contribution >= 0.6 is 0 Å². The van der Waals surface area contributed by atoms with Crippen LogP contribution in [0.4, 0.5) is 0 Å². The molecular weight excluding hydrogens is 424 g/mol. The Morgan fingerprint density at radius 3 is 1.28 bits per heavy atom. The van der Waals surface area contributed by atoms with Crippen LogP contribution in [0, 0.1) is 0 Å². The van der Waals surface area contributed by atoms with Crippen molar-refractivity contribution in [2.45, 2.75) is 0 Å². The van der Waals surface area contributed by atoms with Gasteiger partial charge >= 0.3 is 5.97 Å². The summed E-state index contributed by atoms with van der Waals surface area (Å²) in [5, 5.41) is 8.84. The van der Waals surface area contributed by atoms with Crippen molar-refractivity contribution >= 4 is 5.97 Å². The molecule has 10 heteroatoms. The molecule has 0 heterocycles. The van der Waals surface area contributed by atoms with E-state index in [-0.39, 0.29) is 5.56 Å². The van der Waals surface area contributed by atoms with E-state index in [0.717, 1.165) is 0 Å². The predicted molar refractivity (Wildman–Crippen MR) is 116 cm³/mol. The lowest BCUT2D eigenvalue weighted by Crippen LogP contribution is -2.15. The summed E-state index contributed by atoms with van der Waals surface area (Å²) in [6.07, 6.45) is 0. The van der Waals surface area contributed by atoms with Gasteiger partial charge in [0.1, 0.15) is 12.4 Å². The summed E-state index contributed by atoms with van der Waals surface area (Å²) in [5.41, 5.74) is 0.225. The first-order valence-electron chi connectivity index (χ1n) is 10.7. The van der Waals surface area contributed by atoms with Crippen LogP contribution in [0.1, 0.15) is 10.4 Å². The highest BCUT2D eigenvalue weighted by Gasteiger charge is 2.02. The van der Waals surface area contributed by atoms with Crippen LogP contribution in [0.5, 0.6) is 5.75 Å². The van der Waals surface area contributed by atoms with Crippen LogP contribution in [0.2, 0.25) is 0 Å². The maximum Gasteiger partial charge on any atom is 0.335 e. The Kier molecular flexibility index (Phi) is 18.6. The fourth-order valence-electron chi connectivity index (χ4n) is 2.26. The summed E-state index contributed by atoms with van der Waals surface area (Å²) >= 11 is 0. The zero-order valence-electron chi connectivity index (χ0n) is 18.8. The second kappa shape index (κ2) is 21.1. The average Bonchev–Trinajstić information content (AvgIpc) is 2.80. The molecule has 1 aromatic rings. The highest BCUT2D eigenvalue weighted by molar-refractivity contribution is 5.87. The van der Waals surface area contributed by atoms with Crippen LogP contribution < -0.4 is 4.74 Å². The monoisotopic (exact) mass is 460 g/mol. The molecule has 0 amide bonds. The van der Waals surface area contributed by atoms with E-state index in [1.54, 1.807) is 19.2 Å².